The molecule has 0 bridgehead atoms. The maximum absolute atomic E-state index is 12.9. The molecule has 0 aliphatic carbocycles. The van der Waals surface area contributed by atoms with Crippen LogP contribution in [0.15, 0.2) is 48.5 Å². The molecule has 2 aliphatic heterocycles. The van der Waals surface area contributed by atoms with Crippen molar-refractivity contribution in [2.45, 2.75) is 31.3 Å². The van der Waals surface area contributed by atoms with Gasteiger partial charge >= 0.3 is 5.97 Å². The van der Waals surface area contributed by atoms with Crippen molar-refractivity contribution in [3.63, 3.8) is 0 Å². The van der Waals surface area contributed by atoms with Crippen molar-refractivity contribution in [3.05, 3.63) is 65.2 Å². The van der Waals surface area contributed by atoms with Crippen LogP contribution < -0.4 is 9.47 Å². The van der Waals surface area contributed by atoms with E-state index in [1.807, 2.05) is 12.1 Å². The van der Waals surface area contributed by atoms with Crippen molar-refractivity contribution in [2.75, 3.05) is 26.7 Å². The molecule has 1 N–H and O–H groups in total. The molecule has 0 radical (unpaired) electrons. The van der Waals surface area contributed by atoms with E-state index in [2.05, 4.69) is 17.0 Å². The van der Waals surface area contributed by atoms with E-state index in [1.54, 1.807) is 25.3 Å². The highest BCUT2D eigenvalue weighted by Gasteiger charge is 2.42. The Morgan fingerprint density at radius 2 is 2.03 bits per heavy atom. The molecule has 6 heteroatoms. The summed E-state index contributed by atoms with van der Waals surface area (Å²) in [4.78, 5) is 26.0. The maximum Gasteiger partial charge on any atom is 0.328 e. The second kappa shape index (κ2) is 8.94. The first-order chi connectivity index (χ1) is 15.0. The number of carboxylic acid groups (broad SMARTS) is 1. The van der Waals surface area contributed by atoms with Crippen molar-refractivity contribution >= 4 is 17.8 Å². The van der Waals surface area contributed by atoms with Gasteiger partial charge in [-0.05, 0) is 47.9 Å². The summed E-state index contributed by atoms with van der Waals surface area (Å²) in [5.74, 6) is 0.534. The van der Waals surface area contributed by atoms with E-state index >= 15 is 0 Å². The number of ether oxygens (including phenoxy) is 2. The van der Waals surface area contributed by atoms with Crippen LogP contribution in [0.3, 0.4) is 0 Å². The van der Waals surface area contributed by atoms with Gasteiger partial charge in [-0.15, -0.1) is 0 Å². The zero-order valence-corrected chi connectivity index (χ0v) is 17.7. The van der Waals surface area contributed by atoms with Crippen molar-refractivity contribution in [1.82, 2.24) is 4.90 Å². The fourth-order valence-corrected chi connectivity index (χ4v) is 4.36. The van der Waals surface area contributed by atoms with Crippen LogP contribution in [0.4, 0.5) is 0 Å². The molecule has 162 valence electrons. The summed E-state index contributed by atoms with van der Waals surface area (Å²) < 4.78 is 11.6. The summed E-state index contributed by atoms with van der Waals surface area (Å²) in [7, 11) is 1.68. The van der Waals surface area contributed by atoms with E-state index in [-0.39, 0.29) is 5.78 Å². The van der Waals surface area contributed by atoms with Gasteiger partial charge in [0, 0.05) is 38.6 Å². The Bertz CT molecular complexity index is 1000. The Labute approximate surface area is 182 Å². The monoisotopic (exact) mass is 421 g/mol. The van der Waals surface area contributed by atoms with E-state index < -0.39 is 11.6 Å². The summed E-state index contributed by atoms with van der Waals surface area (Å²) in [6.07, 6.45) is 5.52. The summed E-state index contributed by atoms with van der Waals surface area (Å²) >= 11 is 0. The highest BCUT2D eigenvalue weighted by Crippen LogP contribution is 2.39. The third kappa shape index (κ3) is 4.97. The van der Waals surface area contributed by atoms with Gasteiger partial charge in [0.25, 0.3) is 0 Å². The van der Waals surface area contributed by atoms with Crippen LogP contribution in [-0.2, 0) is 11.2 Å². The number of benzene rings is 2. The van der Waals surface area contributed by atoms with Gasteiger partial charge in [0.15, 0.2) is 5.78 Å². The number of carbonyl (C=O) groups is 2. The standard InChI is InChI=1S/C25H27NO5/c1-30-20-4-2-3-18(15-20)9-12-26-13-10-25(11-14-26)17-22(27)21-16-19(6-8-24(28)29)5-7-23(21)31-25/h2-8,15-16H,9-14,17H2,1H3,(H,28,29)/b8-6+. The molecule has 2 heterocycles. The molecule has 1 fully saturated rings. The molecule has 0 amide bonds. The number of rotatable bonds is 6. The highest BCUT2D eigenvalue weighted by atomic mass is 16.5. The lowest BCUT2D eigenvalue weighted by molar-refractivity contribution is -0.131. The summed E-state index contributed by atoms with van der Waals surface area (Å²) in [6, 6.07) is 13.4. The first-order valence-electron chi connectivity index (χ1n) is 10.6. The largest absolute Gasteiger partial charge is 0.497 e. The summed E-state index contributed by atoms with van der Waals surface area (Å²) in [5.41, 5.74) is 2.04. The van der Waals surface area contributed by atoms with Crippen molar-refractivity contribution in [3.8, 4) is 11.5 Å². The van der Waals surface area contributed by atoms with Gasteiger partial charge in [-0.3, -0.25) is 4.79 Å². The fraction of sp³-hybridized carbons (Fsp3) is 0.360. The number of carbonyl (C=O) groups excluding carboxylic acids is 1. The average molecular weight is 421 g/mol. The van der Waals surface area contributed by atoms with E-state index in [0.29, 0.717) is 23.3 Å². The molecule has 4 rings (SSSR count). The number of hydrogen-bond acceptors (Lipinski definition) is 5. The second-order valence-corrected chi connectivity index (χ2v) is 8.26. The van der Waals surface area contributed by atoms with E-state index in [0.717, 1.165) is 50.7 Å². The zero-order chi connectivity index (χ0) is 21.8. The van der Waals surface area contributed by atoms with Gasteiger partial charge in [0.1, 0.15) is 17.1 Å². The number of hydrogen-bond donors (Lipinski definition) is 1. The highest BCUT2D eigenvalue weighted by molar-refractivity contribution is 6.01. The lowest BCUT2D eigenvalue weighted by Crippen LogP contribution is -2.51. The number of likely N-dealkylation sites (tertiary alicyclic amines) is 1. The van der Waals surface area contributed by atoms with Crippen LogP contribution in [0.25, 0.3) is 6.08 Å². The molecule has 2 aromatic rings. The summed E-state index contributed by atoms with van der Waals surface area (Å²) in [5, 5.41) is 8.79. The Kier molecular flexibility index (Phi) is 6.09. The quantitative estimate of drug-likeness (QED) is 0.715. The zero-order valence-electron chi connectivity index (χ0n) is 17.7. The topological polar surface area (TPSA) is 76.1 Å². The van der Waals surface area contributed by atoms with Crippen LogP contribution in [0.2, 0.25) is 0 Å². The normalized spacial score (nSPS) is 18.0. The first-order valence-corrected chi connectivity index (χ1v) is 10.6. The predicted octanol–water partition coefficient (Wildman–Crippen LogP) is 3.84. The maximum atomic E-state index is 12.9. The molecular formula is C25H27NO5. The molecule has 1 saturated heterocycles. The molecule has 2 aromatic carbocycles. The Morgan fingerprint density at radius 3 is 2.77 bits per heavy atom. The van der Waals surface area contributed by atoms with Gasteiger partial charge in [-0.25, -0.2) is 4.79 Å². The van der Waals surface area contributed by atoms with Gasteiger partial charge < -0.3 is 19.5 Å². The number of aliphatic carboxylic acids is 1. The number of ketones is 1. The van der Waals surface area contributed by atoms with Gasteiger partial charge in [0.2, 0.25) is 0 Å². The van der Waals surface area contributed by atoms with Gasteiger partial charge in [-0.2, -0.15) is 0 Å². The van der Waals surface area contributed by atoms with Crippen molar-refractivity contribution in [2.24, 2.45) is 0 Å². The summed E-state index contributed by atoms with van der Waals surface area (Å²) in [6.45, 7) is 2.76. The number of methoxy groups -OCH3 is 1. The Balaban J connectivity index is 1.37. The smallest absolute Gasteiger partial charge is 0.328 e. The van der Waals surface area contributed by atoms with Gasteiger partial charge in [0.05, 0.1) is 19.1 Å². The molecule has 6 nitrogen and oxygen atoms in total. The predicted molar refractivity (Wildman–Crippen MR) is 118 cm³/mol. The molecule has 31 heavy (non-hydrogen) atoms. The third-order valence-electron chi connectivity index (χ3n) is 6.15. The Hall–Kier alpha value is -3.12. The molecule has 1 spiro atoms. The SMILES string of the molecule is COc1cccc(CCN2CCC3(CC2)CC(=O)c2cc(/C=C/C(=O)O)ccc2O3)c1. The molecule has 0 atom stereocenters. The number of nitrogens with zero attached hydrogens (tertiary/aromatic N) is 1. The van der Waals surface area contributed by atoms with Crippen molar-refractivity contribution < 1.29 is 24.2 Å². The second-order valence-electron chi connectivity index (χ2n) is 8.26. The lowest BCUT2D eigenvalue weighted by atomic mass is 9.82. The minimum Gasteiger partial charge on any atom is -0.497 e. The van der Waals surface area contributed by atoms with Crippen LogP contribution in [0.5, 0.6) is 11.5 Å². The molecule has 0 aromatic heterocycles. The lowest BCUT2D eigenvalue weighted by Gasteiger charge is -2.44. The average Bonchev–Trinajstić information content (AvgIpc) is 2.78. The van der Waals surface area contributed by atoms with Crippen LogP contribution >= 0.6 is 0 Å². The van der Waals surface area contributed by atoms with Gasteiger partial charge in [-0.1, -0.05) is 18.2 Å². The first kappa shape index (κ1) is 21.1. The molecule has 0 saturated carbocycles. The van der Waals surface area contributed by atoms with E-state index in [9.17, 15) is 9.59 Å². The third-order valence-corrected chi connectivity index (χ3v) is 6.15. The minimum absolute atomic E-state index is 0.0663. The Morgan fingerprint density at radius 1 is 1.23 bits per heavy atom. The molecular weight excluding hydrogens is 394 g/mol. The fourth-order valence-electron chi connectivity index (χ4n) is 4.36. The minimum atomic E-state index is -1.02. The van der Waals surface area contributed by atoms with E-state index in [1.165, 1.54) is 11.6 Å². The number of carboxylic acids is 1. The van der Waals surface area contributed by atoms with Crippen LogP contribution in [0.1, 0.15) is 40.7 Å². The molecule has 2 aliphatic rings. The van der Waals surface area contributed by atoms with Crippen LogP contribution in [-0.4, -0.2) is 54.1 Å². The van der Waals surface area contributed by atoms with Crippen molar-refractivity contribution in [1.29, 1.82) is 0 Å². The number of Topliss-reactive ketones (excluding diaryl/α,β-unsaturated/α-hetero) is 1. The number of fused-ring (bicyclic) bond motifs is 1. The van der Waals surface area contributed by atoms with Crippen LogP contribution in [0, 0.1) is 0 Å². The molecule has 0 unspecified atom stereocenters. The van der Waals surface area contributed by atoms with E-state index in [4.69, 9.17) is 14.6 Å². The number of piperidine rings is 1.